The molecule has 2 rings (SSSR count). The second kappa shape index (κ2) is 6.62. The van der Waals surface area contributed by atoms with E-state index in [0.717, 1.165) is 34.3 Å². The molecule has 21 heavy (non-hydrogen) atoms. The highest BCUT2D eigenvalue weighted by Crippen LogP contribution is 2.31. The van der Waals surface area contributed by atoms with Gasteiger partial charge in [0.15, 0.2) is 0 Å². The summed E-state index contributed by atoms with van der Waals surface area (Å²) in [5, 5.41) is 3.15. The topological polar surface area (TPSA) is 69.7 Å². The van der Waals surface area contributed by atoms with Crippen molar-refractivity contribution in [1.82, 2.24) is 14.5 Å². The van der Waals surface area contributed by atoms with Gasteiger partial charge >= 0.3 is 0 Å². The second-order valence-electron chi connectivity index (χ2n) is 4.91. The Kier molecular flexibility index (Phi) is 5.26. The monoisotopic (exact) mass is 351 g/mol. The smallest absolute Gasteiger partial charge is 0.252 e. The maximum Gasteiger partial charge on any atom is 0.252 e. The Morgan fingerprint density at radius 1 is 1.48 bits per heavy atom. The Bertz CT molecular complexity index is 604. The normalized spacial score (nSPS) is 16.5. The van der Waals surface area contributed by atoms with Gasteiger partial charge in [0.25, 0.3) is 10.0 Å². The number of piperazine rings is 1. The summed E-state index contributed by atoms with van der Waals surface area (Å²) < 4.78 is 26.5. The van der Waals surface area contributed by atoms with E-state index in [-0.39, 0.29) is 16.7 Å². The van der Waals surface area contributed by atoms with Crippen molar-refractivity contribution in [3.8, 4) is 0 Å². The molecular formula is C12H18ClN3O3S2. The van der Waals surface area contributed by atoms with E-state index >= 15 is 0 Å². The molecular weight excluding hydrogens is 334 g/mol. The summed E-state index contributed by atoms with van der Waals surface area (Å²) in [6, 6.07) is 1.54. The lowest BCUT2D eigenvalue weighted by molar-refractivity contribution is -0.131. The minimum absolute atomic E-state index is 0.156. The van der Waals surface area contributed by atoms with Gasteiger partial charge in [-0.2, -0.15) is 4.31 Å². The molecule has 2 heterocycles. The molecule has 6 nitrogen and oxygen atoms in total. The molecule has 0 unspecified atom stereocenters. The van der Waals surface area contributed by atoms with Gasteiger partial charge in [0.05, 0.1) is 10.9 Å². The molecule has 1 fully saturated rings. The lowest BCUT2D eigenvalue weighted by Crippen LogP contribution is -2.49. The van der Waals surface area contributed by atoms with Crippen LogP contribution in [0.5, 0.6) is 0 Å². The van der Waals surface area contributed by atoms with Crippen LogP contribution < -0.4 is 5.32 Å². The van der Waals surface area contributed by atoms with Gasteiger partial charge in [-0.1, -0.05) is 11.6 Å². The van der Waals surface area contributed by atoms with Gasteiger partial charge in [0, 0.05) is 33.2 Å². The number of thiophene rings is 1. The van der Waals surface area contributed by atoms with E-state index in [9.17, 15) is 13.2 Å². The Balaban J connectivity index is 2.07. The zero-order valence-electron chi connectivity index (χ0n) is 11.9. The highest BCUT2D eigenvalue weighted by atomic mass is 35.5. The number of carbonyl (C=O) groups excluding carboxylic acids is 1. The number of likely N-dealkylation sites (N-methyl/N-ethyl adjacent to an activating group) is 1. The fourth-order valence-corrected chi connectivity index (χ4v) is 5.04. The molecule has 0 bridgehead atoms. The lowest BCUT2D eigenvalue weighted by atomic mass is 10.3. The first-order valence-corrected chi connectivity index (χ1v) is 9.16. The third kappa shape index (κ3) is 3.75. The minimum atomic E-state index is -3.67. The zero-order valence-corrected chi connectivity index (χ0v) is 14.3. The molecule has 1 aliphatic heterocycles. The van der Waals surface area contributed by atoms with Crippen molar-refractivity contribution in [2.45, 2.75) is 11.1 Å². The Morgan fingerprint density at radius 3 is 2.62 bits per heavy atom. The van der Waals surface area contributed by atoms with Crippen molar-refractivity contribution >= 4 is 38.9 Å². The summed E-state index contributed by atoms with van der Waals surface area (Å²) in [6.07, 6.45) is 0. The molecule has 1 saturated heterocycles. The van der Waals surface area contributed by atoms with Crippen LogP contribution >= 0.6 is 22.9 Å². The number of sulfonamides is 1. The van der Waals surface area contributed by atoms with Crippen molar-refractivity contribution in [3.63, 3.8) is 0 Å². The number of aryl methyl sites for hydroxylation is 1. The van der Waals surface area contributed by atoms with Gasteiger partial charge in [-0.15, -0.1) is 11.3 Å². The zero-order chi connectivity index (χ0) is 15.6. The molecule has 1 aromatic rings. The van der Waals surface area contributed by atoms with Crippen LogP contribution in [0.15, 0.2) is 10.3 Å². The molecule has 0 aromatic carbocycles. The van der Waals surface area contributed by atoms with E-state index in [2.05, 4.69) is 5.32 Å². The first kappa shape index (κ1) is 16.7. The Labute approximate surface area is 133 Å². The SMILES string of the molecule is Cc1cc(S(=O)(=O)N(C)CC(=O)N2CCNCC2)sc1Cl. The van der Waals surface area contributed by atoms with Crippen LogP contribution in [0.4, 0.5) is 0 Å². The lowest BCUT2D eigenvalue weighted by Gasteiger charge is -2.28. The highest BCUT2D eigenvalue weighted by molar-refractivity contribution is 7.91. The third-order valence-corrected chi connectivity index (χ3v) is 7.13. The van der Waals surface area contributed by atoms with Crippen molar-refractivity contribution in [2.75, 3.05) is 39.8 Å². The number of hydrogen-bond acceptors (Lipinski definition) is 5. The van der Waals surface area contributed by atoms with Crippen LogP contribution in [0, 0.1) is 6.92 Å². The first-order valence-electron chi connectivity index (χ1n) is 6.53. The first-order chi connectivity index (χ1) is 9.82. The molecule has 1 N–H and O–H groups in total. The van der Waals surface area contributed by atoms with Gasteiger partial charge in [0.1, 0.15) is 4.21 Å². The largest absolute Gasteiger partial charge is 0.339 e. The predicted molar refractivity (Wildman–Crippen MR) is 83.3 cm³/mol. The minimum Gasteiger partial charge on any atom is -0.339 e. The molecule has 118 valence electrons. The van der Waals surface area contributed by atoms with Crippen LogP contribution in [0.25, 0.3) is 0 Å². The van der Waals surface area contributed by atoms with Crippen LogP contribution in [0.2, 0.25) is 4.34 Å². The van der Waals surface area contributed by atoms with E-state index in [1.807, 2.05) is 0 Å². The Hall–Kier alpha value is -0.670. The van der Waals surface area contributed by atoms with Gasteiger partial charge in [-0.05, 0) is 18.6 Å². The summed E-state index contributed by atoms with van der Waals surface area (Å²) in [4.78, 5) is 13.8. The molecule has 0 radical (unpaired) electrons. The fourth-order valence-electron chi connectivity index (χ4n) is 2.00. The Morgan fingerprint density at radius 2 is 2.10 bits per heavy atom. The van der Waals surface area contributed by atoms with E-state index in [4.69, 9.17) is 11.6 Å². The fraction of sp³-hybridized carbons (Fsp3) is 0.583. The number of hydrogen-bond donors (Lipinski definition) is 1. The van der Waals surface area contributed by atoms with Crippen LogP contribution in [0.1, 0.15) is 5.56 Å². The van der Waals surface area contributed by atoms with Crippen LogP contribution in [-0.2, 0) is 14.8 Å². The third-order valence-electron chi connectivity index (χ3n) is 3.33. The molecule has 1 aromatic heterocycles. The molecule has 0 spiro atoms. The molecule has 1 aliphatic rings. The number of nitrogens with zero attached hydrogens (tertiary/aromatic N) is 2. The van der Waals surface area contributed by atoms with Crippen LogP contribution in [0.3, 0.4) is 0 Å². The summed E-state index contributed by atoms with van der Waals surface area (Å²) in [5.74, 6) is -0.179. The van der Waals surface area contributed by atoms with Crippen molar-refractivity contribution in [3.05, 3.63) is 16.0 Å². The predicted octanol–water partition coefficient (Wildman–Crippen LogP) is 0.762. The molecule has 9 heteroatoms. The van der Waals surface area contributed by atoms with E-state index in [1.54, 1.807) is 11.8 Å². The number of amides is 1. The number of carbonyl (C=O) groups is 1. The van der Waals surface area contributed by atoms with Gasteiger partial charge in [-0.3, -0.25) is 4.79 Å². The van der Waals surface area contributed by atoms with Crippen molar-refractivity contribution in [2.24, 2.45) is 0 Å². The number of halogens is 1. The van der Waals surface area contributed by atoms with Crippen LogP contribution in [-0.4, -0.2) is 63.3 Å². The molecule has 0 aliphatic carbocycles. The van der Waals surface area contributed by atoms with Crippen molar-refractivity contribution in [1.29, 1.82) is 0 Å². The molecule has 0 saturated carbocycles. The second-order valence-corrected chi connectivity index (χ2v) is 8.84. The van der Waals surface area contributed by atoms with Gasteiger partial charge in [0.2, 0.25) is 5.91 Å². The van der Waals surface area contributed by atoms with Gasteiger partial charge in [-0.25, -0.2) is 8.42 Å². The standard InChI is InChI=1S/C12H18ClN3O3S2/c1-9-7-11(20-12(9)13)21(18,19)15(2)8-10(17)16-5-3-14-4-6-16/h7,14H,3-6,8H2,1-2H3. The molecule has 0 atom stereocenters. The van der Waals surface area contributed by atoms with Crippen molar-refractivity contribution < 1.29 is 13.2 Å². The highest BCUT2D eigenvalue weighted by Gasteiger charge is 2.27. The summed E-state index contributed by atoms with van der Waals surface area (Å²) >= 11 is 6.93. The van der Waals surface area contributed by atoms with Gasteiger partial charge < -0.3 is 10.2 Å². The van der Waals surface area contributed by atoms with E-state index < -0.39 is 10.0 Å². The average Bonchev–Trinajstić information content (AvgIpc) is 2.80. The maximum absolute atomic E-state index is 12.4. The summed E-state index contributed by atoms with van der Waals surface area (Å²) in [7, 11) is -2.26. The summed E-state index contributed by atoms with van der Waals surface area (Å²) in [6.45, 7) is 4.29. The number of rotatable bonds is 4. The maximum atomic E-state index is 12.4. The average molecular weight is 352 g/mol. The van der Waals surface area contributed by atoms with E-state index in [0.29, 0.717) is 17.4 Å². The van der Waals surface area contributed by atoms with E-state index in [1.165, 1.54) is 13.1 Å². The molecule has 1 amide bonds. The summed E-state index contributed by atoms with van der Waals surface area (Å²) in [5.41, 5.74) is 0.724. The quantitative estimate of drug-likeness (QED) is 0.869. The number of nitrogens with one attached hydrogen (secondary N) is 1.